The lowest BCUT2D eigenvalue weighted by molar-refractivity contribution is 0.0697. The Bertz CT molecular complexity index is 1010. The highest BCUT2D eigenvalue weighted by Gasteiger charge is 2.08. The molecule has 0 heterocycles. The van der Waals surface area contributed by atoms with Crippen molar-refractivity contribution in [3.8, 4) is 5.75 Å². The Morgan fingerprint density at radius 3 is 2.68 bits per heavy atom. The zero-order valence-electron chi connectivity index (χ0n) is 14.6. The van der Waals surface area contributed by atoms with Crippen LogP contribution in [0.2, 0.25) is 5.02 Å². The van der Waals surface area contributed by atoms with E-state index in [0.29, 0.717) is 18.0 Å². The average molecular weight is 399 g/mol. The number of anilines is 1. The Hall–Kier alpha value is -3.38. The average Bonchev–Trinajstić information content (AvgIpc) is 2.69. The van der Waals surface area contributed by atoms with Crippen LogP contribution in [0.4, 0.5) is 10.1 Å². The summed E-state index contributed by atoms with van der Waals surface area (Å²) in [6, 6.07) is 17.9. The fourth-order valence-corrected chi connectivity index (χ4v) is 2.57. The molecule has 0 atom stereocenters. The normalized spacial score (nSPS) is 10.8. The van der Waals surface area contributed by atoms with Gasteiger partial charge in [-0.15, -0.1) is 0 Å². The molecule has 0 amide bonds. The highest BCUT2D eigenvalue weighted by Crippen LogP contribution is 2.20. The summed E-state index contributed by atoms with van der Waals surface area (Å²) < 4.78 is 18.6. The van der Waals surface area contributed by atoms with Crippen LogP contribution in [-0.4, -0.2) is 17.3 Å². The molecule has 3 rings (SSSR count). The molecule has 3 aromatic carbocycles. The predicted octanol–water partition coefficient (Wildman–Crippen LogP) is 5.20. The topological polar surface area (TPSA) is 70.9 Å². The molecule has 5 nitrogen and oxygen atoms in total. The minimum absolute atomic E-state index is 0.00180. The standard InChI is InChI=1S/C21H16ClFN2O3/c22-20-9-8-17(11-19(20)21(26)27)25-24-12-15-2-1-3-18(10-15)28-13-14-4-6-16(23)7-5-14/h1-12,25H,13H2,(H,26,27)/b24-12-. The maximum atomic E-state index is 12.9. The van der Waals surface area contributed by atoms with E-state index in [1.54, 1.807) is 30.5 Å². The summed E-state index contributed by atoms with van der Waals surface area (Å²) >= 11 is 5.84. The molecule has 0 saturated heterocycles. The van der Waals surface area contributed by atoms with Crippen molar-refractivity contribution in [2.75, 3.05) is 5.43 Å². The highest BCUT2D eigenvalue weighted by atomic mass is 35.5. The second kappa shape index (κ2) is 9.01. The molecule has 0 aliphatic carbocycles. The van der Waals surface area contributed by atoms with Gasteiger partial charge < -0.3 is 9.84 Å². The number of nitrogens with one attached hydrogen (secondary N) is 1. The van der Waals surface area contributed by atoms with Crippen molar-refractivity contribution in [3.63, 3.8) is 0 Å². The second-order valence-electron chi connectivity index (χ2n) is 5.86. The second-order valence-corrected chi connectivity index (χ2v) is 6.26. The Balaban J connectivity index is 1.61. The number of carbonyl (C=O) groups is 1. The van der Waals surface area contributed by atoms with E-state index in [1.165, 1.54) is 24.3 Å². The molecule has 7 heteroatoms. The van der Waals surface area contributed by atoms with Gasteiger partial charge in [-0.3, -0.25) is 5.43 Å². The summed E-state index contributed by atoms with van der Waals surface area (Å²) in [5, 5.41) is 13.4. The van der Waals surface area contributed by atoms with Gasteiger partial charge >= 0.3 is 5.97 Å². The number of rotatable bonds is 7. The molecule has 2 N–H and O–H groups in total. The van der Waals surface area contributed by atoms with Crippen LogP contribution in [0.5, 0.6) is 5.75 Å². The van der Waals surface area contributed by atoms with E-state index in [1.807, 2.05) is 18.2 Å². The summed E-state index contributed by atoms with van der Waals surface area (Å²) in [7, 11) is 0. The molecular weight excluding hydrogens is 383 g/mol. The lowest BCUT2D eigenvalue weighted by Gasteiger charge is -2.07. The summed E-state index contributed by atoms with van der Waals surface area (Å²) in [5.74, 6) is -0.748. The van der Waals surface area contributed by atoms with Crippen molar-refractivity contribution in [1.82, 2.24) is 0 Å². The van der Waals surface area contributed by atoms with Crippen molar-refractivity contribution in [3.05, 3.63) is 94.3 Å². The molecule has 0 spiro atoms. The van der Waals surface area contributed by atoms with E-state index in [2.05, 4.69) is 10.5 Å². The summed E-state index contributed by atoms with van der Waals surface area (Å²) in [4.78, 5) is 11.1. The number of halogens is 2. The third-order valence-electron chi connectivity index (χ3n) is 3.78. The van der Waals surface area contributed by atoms with E-state index < -0.39 is 5.97 Å². The fraction of sp³-hybridized carbons (Fsp3) is 0.0476. The van der Waals surface area contributed by atoms with Gasteiger partial charge in [-0.2, -0.15) is 5.10 Å². The minimum Gasteiger partial charge on any atom is -0.489 e. The Kier molecular flexibility index (Phi) is 6.24. The smallest absolute Gasteiger partial charge is 0.337 e. The van der Waals surface area contributed by atoms with Crippen LogP contribution in [0.25, 0.3) is 0 Å². The van der Waals surface area contributed by atoms with Crippen molar-refractivity contribution in [2.24, 2.45) is 5.10 Å². The Morgan fingerprint density at radius 2 is 1.93 bits per heavy atom. The van der Waals surface area contributed by atoms with Crippen LogP contribution in [-0.2, 0) is 6.61 Å². The van der Waals surface area contributed by atoms with Gasteiger partial charge in [0.15, 0.2) is 0 Å². The lowest BCUT2D eigenvalue weighted by Crippen LogP contribution is -1.99. The highest BCUT2D eigenvalue weighted by molar-refractivity contribution is 6.33. The van der Waals surface area contributed by atoms with Gasteiger partial charge in [-0.25, -0.2) is 9.18 Å². The summed E-state index contributed by atoms with van der Waals surface area (Å²) in [5.41, 5.74) is 4.92. The van der Waals surface area contributed by atoms with E-state index >= 15 is 0 Å². The zero-order valence-corrected chi connectivity index (χ0v) is 15.4. The van der Waals surface area contributed by atoms with Crippen molar-refractivity contribution in [2.45, 2.75) is 6.61 Å². The van der Waals surface area contributed by atoms with Gasteiger partial charge in [-0.05, 0) is 53.6 Å². The molecule has 0 aliphatic rings. The number of benzene rings is 3. The first-order valence-corrected chi connectivity index (χ1v) is 8.68. The predicted molar refractivity (Wildman–Crippen MR) is 107 cm³/mol. The summed E-state index contributed by atoms with van der Waals surface area (Å²) in [6.07, 6.45) is 1.58. The van der Waals surface area contributed by atoms with Gasteiger partial charge in [0.1, 0.15) is 18.2 Å². The SMILES string of the molecule is O=C(O)c1cc(N/N=C\c2cccc(OCc3ccc(F)cc3)c2)ccc1Cl. The first-order valence-electron chi connectivity index (χ1n) is 8.30. The van der Waals surface area contributed by atoms with Gasteiger partial charge in [0, 0.05) is 0 Å². The van der Waals surface area contributed by atoms with Crippen LogP contribution < -0.4 is 10.2 Å². The van der Waals surface area contributed by atoms with E-state index in [-0.39, 0.29) is 16.4 Å². The lowest BCUT2D eigenvalue weighted by atomic mass is 10.2. The third kappa shape index (κ3) is 5.31. The first kappa shape index (κ1) is 19.4. The largest absolute Gasteiger partial charge is 0.489 e. The molecule has 28 heavy (non-hydrogen) atoms. The van der Waals surface area contributed by atoms with Crippen LogP contribution in [0.3, 0.4) is 0 Å². The number of carboxylic acids is 1. The maximum absolute atomic E-state index is 12.9. The molecule has 0 aliphatic heterocycles. The van der Waals surface area contributed by atoms with Crippen LogP contribution >= 0.6 is 11.6 Å². The van der Waals surface area contributed by atoms with Crippen molar-refractivity contribution < 1.29 is 19.0 Å². The molecular formula is C21H16ClFN2O3. The quantitative estimate of drug-likeness (QED) is 0.423. The number of carboxylic acid groups (broad SMARTS) is 1. The maximum Gasteiger partial charge on any atom is 0.337 e. The van der Waals surface area contributed by atoms with Crippen molar-refractivity contribution in [1.29, 1.82) is 0 Å². The van der Waals surface area contributed by atoms with E-state index in [0.717, 1.165) is 11.1 Å². The molecule has 0 radical (unpaired) electrons. The molecule has 0 unspecified atom stereocenters. The van der Waals surface area contributed by atoms with Crippen LogP contribution in [0.15, 0.2) is 71.8 Å². The Morgan fingerprint density at radius 1 is 1.14 bits per heavy atom. The fourth-order valence-electron chi connectivity index (χ4n) is 2.37. The van der Waals surface area contributed by atoms with Gasteiger partial charge in [0.25, 0.3) is 0 Å². The number of aromatic carboxylic acids is 1. The first-order chi connectivity index (χ1) is 13.5. The molecule has 142 valence electrons. The number of hydrazone groups is 1. The summed E-state index contributed by atoms with van der Waals surface area (Å²) in [6.45, 7) is 0.321. The third-order valence-corrected chi connectivity index (χ3v) is 4.11. The van der Waals surface area contributed by atoms with Crippen molar-refractivity contribution >= 4 is 29.5 Å². The Labute approximate surface area is 166 Å². The van der Waals surface area contributed by atoms with Crippen LogP contribution in [0, 0.1) is 5.82 Å². The molecule has 0 saturated carbocycles. The molecule has 3 aromatic rings. The van der Waals surface area contributed by atoms with E-state index in [4.69, 9.17) is 21.4 Å². The zero-order chi connectivity index (χ0) is 19.9. The number of ether oxygens (including phenoxy) is 1. The van der Waals surface area contributed by atoms with Crippen LogP contribution in [0.1, 0.15) is 21.5 Å². The van der Waals surface area contributed by atoms with Gasteiger partial charge in [-0.1, -0.05) is 35.9 Å². The van der Waals surface area contributed by atoms with Gasteiger partial charge in [0.2, 0.25) is 0 Å². The molecule has 0 bridgehead atoms. The molecule has 0 fully saturated rings. The van der Waals surface area contributed by atoms with Gasteiger partial charge in [0.05, 0.1) is 22.5 Å². The van der Waals surface area contributed by atoms with E-state index in [9.17, 15) is 9.18 Å². The molecule has 0 aromatic heterocycles. The number of nitrogens with zero attached hydrogens (tertiary/aromatic N) is 1. The number of hydrogen-bond acceptors (Lipinski definition) is 4. The monoisotopic (exact) mass is 398 g/mol. The number of hydrogen-bond donors (Lipinski definition) is 2. The minimum atomic E-state index is -1.11.